The molecule has 7 heteroatoms. The Morgan fingerprint density at radius 1 is 0.750 bits per heavy atom. The van der Waals surface area contributed by atoms with Crippen molar-refractivity contribution in [3.8, 4) is 0 Å². The first kappa shape index (κ1) is 30.4. The average molecular weight is 561 g/mol. The molecule has 0 aliphatic heterocycles. The molecule has 0 aromatic heterocycles. The van der Waals surface area contributed by atoms with Gasteiger partial charge in [-0.1, -0.05) is 104 Å². The van der Waals surface area contributed by atoms with E-state index in [0.29, 0.717) is 5.92 Å². The van der Waals surface area contributed by atoms with Gasteiger partial charge in [-0.25, -0.2) is 13.1 Å². The molecule has 172 valence electrons. The van der Waals surface area contributed by atoms with Gasteiger partial charge in [-0.3, -0.25) is 0 Å². The molecular weight excluding hydrogens is 529 g/mol. The van der Waals surface area contributed by atoms with Crippen molar-refractivity contribution in [2.75, 3.05) is 6.26 Å². The molecule has 3 aromatic rings. The van der Waals surface area contributed by atoms with Gasteiger partial charge in [0.05, 0.1) is 18.3 Å². The van der Waals surface area contributed by atoms with E-state index in [9.17, 15) is 8.42 Å². The molecule has 0 heterocycles. The van der Waals surface area contributed by atoms with Crippen LogP contribution in [0.5, 0.6) is 0 Å². The number of halogens is 1. The van der Waals surface area contributed by atoms with Crippen LogP contribution in [-0.4, -0.2) is 14.7 Å². The molecular formula is C25H32ClN2O2RuS+3. The second kappa shape index (κ2) is 14.6. The maximum Gasteiger partial charge on any atom is 4.00 e. The van der Waals surface area contributed by atoms with Crippen LogP contribution in [0.2, 0.25) is 0 Å². The Bertz CT molecular complexity index is 999. The van der Waals surface area contributed by atoms with Crippen LogP contribution in [0.3, 0.4) is 0 Å². The zero-order valence-electron chi connectivity index (χ0n) is 18.8. The summed E-state index contributed by atoms with van der Waals surface area (Å²) in [6, 6.07) is 26.6. The Morgan fingerprint density at radius 2 is 1.19 bits per heavy atom. The van der Waals surface area contributed by atoms with Crippen LogP contribution in [0, 0.1) is 6.92 Å². The van der Waals surface area contributed by atoms with E-state index in [1.807, 2.05) is 60.7 Å². The molecule has 3 N–H and O–H groups in total. The molecule has 3 aromatic carbocycles. The molecule has 0 aliphatic carbocycles. The molecule has 0 amide bonds. The molecule has 0 unspecified atom stereocenters. The number of benzene rings is 3. The summed E-state index contributed by atoms with van der Waals surface area (Å²) in [7, 11) is -3.35. The van der Waals surface area contributed by atoms with Crippen molar-refractivity contribution in [1.82, 2.24) is 4.72 Å². The molecule has 4 nitrogen and oxygen atoms in total. The predicted molar refractivity (Wildman–Crippen MR) is 126 cm³/mol. The van der Waals surface area contributed by atoms with Crippen molar-refractivity contribution in [3.05, 3.63) is 107 Å². The monoisotopic (exact) mass is 561 g/mol. The molecule has 0 saturated heterocycles. The minimum absolute atomic E-state index is 0. The molecule has 0 radical (unpaired) electrons. The van der Waals surface area contributed by atoms with Crippen LogP contribution >= 0.6 is 0 Å². The van der Waals surface area contributed by atoms with Crippen molar-refractivity contribution in [1.29, 1.82) is 0 Å². The third kappa shape index (κ3) is 10.4. The summed E-state index contributed by atoms with van der Waals surface area (Å²) in [6.07, 6.45) is 1.14. The Morgan fingerprint density at radius 3 is 1.59 bits per heavy atom. The molecule has 32 heavy (non-hydrogen) atoms. The van der Waals surface area contributed by atoms with Crippen molar-refractivity contribution in [3.63, 3.8) is 0 Å². The first-order valence-electron chi connectivity index (χ1n) is 10.1. The summed E-state index contributed by atoms with van der Waals surface area (Å²) in [5.41, 5.74) is 10.7. The van der Waals surface area contributed by atoms with Crippen LogP contribution in [0.1, 0.15) is 54.1 Å². The van der Waals surface area contributed by atoms with Gasteiger partial charge < -0.3 is 18.1 Å². The average Bonchev–Trinajstić information content (AvgIpc) is 2.73. The second-order valence-corrected chi connectivity index (χ2v) is 9.56. The molecule has 0 fully saturated rings. The third-order valence-corrected chi connectivity index (χ3v) is 5.47. The number of rotatable bonds is 6. The minimum Gasteiger partial charge on any atom is -1.00 e. The van der Waals surface area contributed by atoms with Gasteiger partial charge >= 0.3 is 19.5 Å². The topological polar surface area (TPSA) is 72.2 Å². The number of hydrogen-bond donors (Lipinski definition) is 2. The van der Waals surface area contributed by atoms with Gasteiger partial charge in [0.1, 0.15) is 0 Å². The minimum atomic E-state index is -3.35. The number of aryl methyl sites for hydroxylation is 1. The fourth-order valence-electron chi connectivity index (χ4n) is 3.06. The van der Waals surface area contributed by atoms with Crippen molar-refractivity contribution in [2.45, 2.75) is 38.8 Å². The summed E-state index contributed by atoms with van der Waals surface area (Å²) in [5.74, 6) is 0.653. The molecule has 0 aliphatic rings. The number of nitrogens with two attached hydrogens (primary N) is 1. The number of hydrogen-bond acceptors (Lipinski definition) is 3. The molecule has 3 rings (SSSR count). The zero-order valence-corrected chi connectivity index (χ0v) is 22.2. The Kier molecular flexibility index (Phi) is 13.9. The number of nitrogens with one attached hydrogen (secondary N) is 1. The summed E-state index contributed by atoms with van der Waals surface area (Å²) >= 11 is 0. The van der Waals surface area contributed by atoms with Crippen LogP contribution in [0.25, 0.3) is 0 Å². The van der Waals surface area contributed by atoms with E-state index in [1.54, 1.807) is 0 Å². The molecule has 0 bridgehead atoms. The van der Waals surface area contributed by atoms with E-state index in [1.165, 1.54) is 11.1 Å². The van der Waals surface area contributed by atoms with Gasteiger partial charge in [0, 0.05) is 0 Å². The van der Waals surface area contributed by atoms with Gasteiger partial charge in [-0.15, -0.1) is 0 Å². The fraction of sp³-hybridized carbons (Fsp3) is 0.280. The predicted octanol–water partition coefficient (Wildman–Crippen LogP) is 2.10. The smallest absolute Gasteiger partial charge is 1.00 e. The quantitative estimate of drug-likeness (QED) is 0.454. The maximum absolute atomic E-state index is 11.6. The van der Waals surface area contributed by atoms with E-state index < -0.39 is 22.1 Å². The Hall–Kier alpha value is -1.56. The number of sulfonamides is 1. The van der Waals surface area contributed by atoms with Crippen LogP contribution in [0.4, 0.5) is 0 Å². The SMILES string of the molecule is CS(=O)(=O)N[C@@H](c1ccccc1)[C@@H](N)c1ccccc1.Cc1ccc(C(C)C)cc1.[Cl-].[Ru+4]. The van der Waals surface area contributed by atoms with Gasteiger partial charge in [0.25, 0.3) is 0 Å². The summed E-state index contributed by atoms with van der Waals surface area (Å²) < 4.78 is 25.8. The van der Waals surface area contributed by atoms with Crippen molar-refractivity contribution in [2.24, 2.45) is 5.73 Å². The molecule has 0 spiro atoms. The normalized spacial score (nSPS) is 12.4. The summed E-state index contributed by atoms with van der Waals surface area (Å²) in [5, 5.41) is 0. The van der Waals surface area contributed by atoms with Gasteiger partial charge in [0.15, 0.2) is 0 Å². The molecule has 0 saturated carbocycles. The van der Waals surface area contributed by atoms with Crippen molar-refractivity contribution >= 4 is 10.0 Å². The van der Waals surface area contributed by atoms with E-state index in [2.05, 4.69) is 49.8 Å². The Balaban J connectivity index is 0.000000683. The first-order valence-corrected chi connectivity index (χ1v) is 12.0. The van der Waals surface area contributed by atoms with E-state index >= 15 is 0 Å². The standard InChI is InChI=1S/C15H18N2O2S.C10H14.ClH.Ru/c1-20(18,19)17-15(13-10-6-3-7-11-13)14(16)12-8-4-2-5-9-12;1-8(2)10-6-4-9(3)5-7-10;;/h2-11,14-15,17H,16H2,1H3;4-8H,1-3H3;1H;/q;;;+4/p-1/t14-,15-;;;/m0.../s1. The summed E-state index contributed by atoms with van der Waals surface area (Å²) in [4.78, 5) is 0. The Labute approximate surface area is 212 Å². The van der Waals surface area contributed by atoms with E-state index in [-0.39, 0.29) is 31.9 Å². The van der Waals surface area contributed by atoms with Crippen LogP contribution in [0.15, 0.2) is 84.9 Å². The largest absolute Gasteiger partial charge is 4.00 e. The summed E-state index contributed by atoms with van der Waals surface area (Å²) in [6.45, 7) is 6.54. The van der Waals surface area contributed by atoms with E-state index in [0.717, 1.165) is 17.4 Å². The van der Waals surface area contributed by atoms with Crippen LogP contribution < -0.4 is 22.9 Å². The fourth-order valence-corrected chi connectivity index (χ4v) is 3.80. The van der Waals surface area contributed by atoms with Crippen LogP contribution in [-0.2, 0) is 29.5 Å². The van der Waals surface area contributed by atoms with Gasteiger partial charge in [-0.2, -0.15) is 0 Å². The van der Waals surface area contributed by atoms with E-state index in [4.69, 9.17) is 5.73 Å². The van der Waals surface area contributed by atoms with Crippen molar-refractivity contribution < 1.29 is 40.3 Å². The van der Waals surface area contributed by atoms with Gasteiger partial charge in [0.2, 0.25) is 10.0 Å². The van der Waals surface area contributed by atoms with Gasteiger partial charge in [-0.05, 0) is 29.5 Å². The first-order chi connectivity index (χ1) is 14.2. The second-order valence-electron chi connectivity index (χ2n) is 7.78. The maximum atomic E-state index is 11.6. The molecule has 2 atom stereocenters. The third-order valence-electron chi connectivity index (χ3n) is 4.79. The zero-order chi connectivity index (χ0) is 22.1.